The van der Waals surface area contributed by atoms with Crippen LogP contribution in [-0.4, -0.2) is 24.8 Å². The number of nitrogens with two attached hydrogens (primary N) is 1. The Bertz CT molecular complexity index is 854. The molecule has 1 aromatic rings. The fraction of sp³-hybridized carbons (Fsp3) is 0.703. The molecule has 7 heteroatoms. The number of benzene rings is 1. The van der Waals surface area contributed by atoms with E-state index in [1.165, 1.54) is 83.0 Å². The summed E-state index contributed by atoms with van der Waals surface area (Å²) in [7, 11) is 0. The largest absolute Gasteiger partial charge is 0.390 e. The zero-order valence-corrected chi connectivity index (χ0v) is 29.4. The number of hydrogen-bond acceptors (Lipinski definition) is 3. The molecule has 2 aliphatic carbocycles. The van der Waals surface area contributed by atoms with E-state index < -0.39 is 6.43 Å². The van der Waals surface area contributed by atoms with Crippen LogP contribution in [0.2, 0.25) is 0 Å². The van der Waals surface area contributed by atoms with E-state index in [9.17, 15) is 18.0 Å². The Morgan fingerprint density at radius 2 is 1.45 bits per heavy atom. The van der Waals surface area contributed by atoms with Crippen molar-refractivity contribution in [1.29, 1.82) is 0 Å². The highest BCUT2D eigenvalue weighted by Crippen LogP contribution is 2.38. The van der Waals surface area contributed by atoms with Crippen molar-refractivity contribution in [1.82, 2.24) is 0 Å². The lowest BCUT2D eigenvalue weighted by molar-refractivity contribution is -0.113. The monoisotopic (exact) mass is 626 g/mol. The molecule has 0 heterocycles. The standard InChI is InChI=1S/C12H15F.C10H18N2O.C9H18.C2H4F2.C2H4O.C2H6/c1-9(10-3-2-4-10)11-5-7-12(13)8-6-11;1-4-6-9(8(3)13)10(5-2)12-7-11;1-2-6-9-7-4-3-5-8-9;1-2(3)4;1-2-3;1-2/h5-10H,2-4H2,1H3;7H,4-6H2,1-3H3,(H2,11,12);9H,2-8H2,1H3;2H,1H3;2H,1H3;1-2H3/b;10-9-;;;;. The van der Waals surface area contributed by atoms with Gasteiger partial charge in [-0.05, 0) is 81.9 Å². The number of Topliss-reactive ketones (excluding diaryl/α,β-unsaturated/α-hetero) is 1. The van der Waals surface area contributed by atoms with Gasteiger partial charge < -0.3 is 10.5 Å². The second-order valence-electron chi connectivity index (χ2n) is 10.9. The molecule has 2 N–H and O–H groups in total. The van der Waals surface area contributed by atoms with Crippen LogP contribution in [0.5, 0.6) is 0 Å². The van der Waals surface area contributed by atoms with Gasteiger partial charge in [-0.3, -0.25) is 4.79 Å². The highest BCUT2D eigenvalue weighted by Gasteiger charge is 2.24. The Balaban J connectivity index is -0.000000510. The van der Waals surface area contributed by atoms with E-state index in [0.29, 0.717) is 5.92 Å². The number of nitrogens with zero attached hydrogens (tertiary/aromatic N) is 1. The molecule has 1 atom stereocenters. The summed E-state index contributed by atoms with van der Waals surface area (Å²) in [5.41, 5.74) is 8.11. The Hall–Kier alpha value is -2.44. The molecule has 2 saturated carbocycles. The first-order chi connectivity index (χ1) is 21.0. The van der Waals surface area contributed by atoms with Gasteiger partial charge in [0.1, 0.15) is 12.1 Å². The predicted octanol–water partition coefficient (Wildman–Crippen LogP) is 11.6. The van der Waals surface area contributed by atoms with Crippen molar-refractivity contribution in [2.45, 2.75) is 158 Å². The summed E-state index contributed by atoms with van der Waals surface area (Å²) in [6, 6.07) is 6.95. The Morgan fingerprint density at radius 1 is 0.955 bits per heavy atom. The lowest BCUT2D eigenvalue weighted by Gasteiger charge is -2.31. The molecule has 0 aliphatic heterocycles. The lowest BCUT2D eigenvalue weighted by Crippen LogP contribution is -2.17. The molecule has 0 saturated heterocycles. The molecule has 1 aromatic carbocycles. The summed E-state index contributed by atoms with van der Waals surface area (Å²) in [5.74, 6) is 2.51. The molecule has 0 amide bonds. The smallest absolute Gasteiger partial charge is 0.235 e. The minimum Gasteiger partial charge on any atom is -0.390 e. The first-order valence-corrected chi connectivity index (χ1v) is 16.9. The van der Waals surface area contributed by atoms with E-state index in [1.807, 2.05) is 39.8 Å². The van der Waals surface area contributed by atoms with Gasteiger partial charge in [0.2, 0.25) is 6.43 Å². The molecule has 44 heavy (non-hydrogen) atoms. The number of ketones is 1. The van der Waals surface area contributed by atoms with E-state index >= 15 is 0 Å². The van der Waals surface area contributed by atoms with Crippen molar-refractivity contribution in [3.8, 4) is 0 Å². The van der Waals surface area contributed by atoms with Crippen LogP contribution in [0.1, 0.15) is 157 Å². The normalized spacial score (nSPS) is 15.5. The topological polar surface area (TPSA) is 72.5 Å². The van der Waals surface area contributed by atoms with E-state index in [-0.39, 0.29) is 11.6 Å². The molecular formula is C37H65F3N2O2. The van der Waals surface area contributed by atoms with Crippen molar-refractivity contribution in [3.63, 3.8) is 0 Å². The maximum absolute atomic E-state index is 12.6. The second kappa shape index (κ2) is 32.0. The minimum atomic E-state index is -2.17. The van der Waals surface area contributed by atoms with Crippen LogP contribution < -0.4 is 5.73 Å². The summed E-state index contributed by atoms with van der Waals surface area (Å²) in [4.78, 5) is 24.0. The van der Waals surface area contributed by atoms with Crippen molar-refractivity contribution >= 4 is 18.4 Å². The molecule has 4 nitrogen and oxygen atoms in total. The number of carbonyl (C=O) groups is 2. The number of carbonyl (C=O) groups excluding carboxylic acids is 2. The zero-order valence-electron chi connectivity index (χ0n) is 29.4. The van der Waals surface area contributed by atoms with Crippen molar-refractivity contribution in [2.24, 2.45) is 22.6 Å². The number of hydrogen-bond donors (Lipinski definition) is 1. The minimum absolute atomic E-state index is 0.101. The second-order valence-corrected chi connectivity index (χ2v) is 10.9. The Labute approximate surface area is 268 Å². The quantitative estimate of drug-likeness (QED) is 0.128. The van der Waals surface area contributed by atoms with Gasteiger partial charge >= 0.3 is 0 Å². The molecule has 2 aliphatic rings. The lowest BCUT2D eigenvalue weighted by atomic mass is 9.74. The number of alkyl halides is 2. The van der Waals surface area contributed by atoms with Crippen LogP contribution in [0.3, 0.4) is 0 Å². The molecule has 0 spiro atoms. The number of aldehydes is 1. The predicted molar refractivity (Wildman–Crippen MR) is 184 cm³/mol. The number of aliphatic imine (C=N–C) groups is 1. The van der Waals surface area contributed by atoms with E-state index in [1.54, 1.807) is 19.1 Å². The number of halogens is 3. The summed E-state index contributed by atoms with van der Waals surface area (Å²) in [6.07, 6.45) is 16.8. The SMILES string of the molecule is CC.CC(F)F.CC(c1ccc(F)cc1)C1CCC1.CC=O.CCC/C(C(C)=O)=C(\CC)N=CN.CCCC1CCCCC1. The number of allylic oxidation sites excluding steroid dienone is 2. The fourth-order valence-corrected chi connectivity index (χ4v) is 5.11. The van der Waals surface area contributed by atoms with Crippen molar-refractivity contribution in [3.05, 3.63) is 46.9 Å². The average Bonchev–Trinajstić information content (AvgIpc) is 2.97. The summed E-state index contributed by atoms with van der Waals surface area (Å²) >= 11 is 0. The summed E-state index contributed by atoms with van der Waals surface area (Å²) in [6.45, 7) is 16.4. The van der Waals surface area contributed by atoms with Gasteiger partial charge in [-0.25, -0.2) is 18.2 Å². The highest BCUT2D eigenvalue weighted by molar-refractivity contribution is 5.94. The van der Waals surface area contributed by atoms with E-state index in [2.05, 4.69) is 18.8 Å². The third-order valence-electron chi connectivity index (χ3n) is 7.51. The molecule has 3 rings (SSSR count). The van der Waals surface area contributed by atoms with Gasteiger partial charge in [0, 0.05) is 11.3 Å². The van der Waals surface area contributed by atoms with Crippen LogP contribution in [0.25, 0.3) is 0 Å². The zero-order chi connectivity index (χ0) is 34.3. The first kappa shape index (κ1) is 46.0. The summed E-state index contributed by atoms with van der Waals surface area (Å²) < 4.78 is 33.3. The molecule has 0 aromatic heterocycles. The molecule has 256 valence electrons. The van der Waals surface area contributed by atoms with Crippen molar-refractivity contribution < 1.29 is 22.8 Å². The third kappa shape index (κ3) is 24.9. The molecule has 0 bridgehead atoms. The Kier molecular flexibility index (Phi) is 33.4. The van der Waals surface area contributed by atoms with Crippen LogP contribution in [-0.2, 0) is 9.59 Å². The molecule has 0 radical (unpaired) electrons. The molecule has 2 fully saturated rings. The van der Waals surface area contributed by atoms with Gasteiger partial charge in [-0.2, -0.15) is 0 Å². The van der Waals surface area contributed by atoms with Gasteiger partial charge in [-0.15, -0.1) is 0 Å². The van der Waals surface area contributed by atoms with Gasteiger partial charge in [0.15, 0.2) is 5.78 Å². The van der Waals surface area contributed by atoms with E-state index in [4.69, 9.17) is 10.5 Å². The Morgan fingerprint density at radius 3 is 1.80 bits per heavy atom. The van der Waals surface area contributed by atoms with Gasteiger partial charge in [0.25, 0.3) is 0 Å². The van der Waals surface area contributed by atoms with E-state index in [0.717, 1.165) is 55.6 Å². The summed E-state index contributed by atoms with van der Waals surface area (Å²) in [5, 5.41) is 0. The van der Waals surface area contributed by atoms with Crippen LogP contribution >= 0.6 is 0 Å². The highest BCUT2D eigenvalue weighted by atomic mass is 19.3. The maximum Gasteiger partial charge on any atom is 0.235 e. The number of rotatable bonds is 9. The third-order valence-corrected chi connectivity index (χ3v) is 7.51. The van der Waals surface area contributed by atoms with Crippen molar-refractivity contribution in [2.75, 3.05) is 0 Å². The van der Waals surface area contributed by atoms with Gasteiger partial charge in [0.05, 0.1) is 6.34 Å². The first-order valence-electron chi connectivity index (χ1n) is 16.9. The molecular weight excluding hydrogens is 561 g/mol. The maximum atomic E-state index is 12.6. The van der Waals surface area contributed by atoms with Crippen LogP contribution in [0.15, 0.2) is 40.5 Å². The molecule has 1 unspecified atom stereocenters. The van der Waals surface area contributed by atoms with Crippen LogP contribution in [0, 0.1) is 17.7 Å². The average molecular weight is 627 g/mol. The fourth-order valence-electron chi connectivity index (χ4n) is 5.11. The van der Waals surface area contributed by atoms with Gasteiger partial charge in [-0.1, -0.05) is 111 Å². The van der Waals surface area contributed by atoms with Crippen LogP contribution in [0.4, 0.5) is 13.2 Å².